The Morgan fingerprint density at radius 1 is 0.938 bits per heavy atom. The second kappa shape index (κ2) is 11.4. The standard InChI is InChI=1S/C27H31F3.C2H6/c1-7-11-20(12-8-2)22-13-10-14-23(19-22)21-15-17-24(18-16-21)26(9-3,25(4,5)6)27(28,29)30;1-2/h7-8,10-19H,1,9H2,2-6H3;1-2H3/b12-8-,20-11+;. The van der Waals surface area contributed by atoms with E-state index in [1.54, 1.807) is 58.0 Å². The topological polar surface area (TPSA) is 0 Å². The molecule has 2 aromatic carbocycles. The lowest BCUT2D eigenvalue weighted by atomic mass is 9.60. The summed E-state index contributed by atoms with van der Waals surface area (Å²) in [7, 11) is 0. The quantitative estimate of drug-likeness (QED) is 0.391. The number of hydrogen-bond acceptors (Lipinski definition) is 0. The maximum absolute atomic E-state index is 14.2. The van der Waals surface area contributed by atoms with Gasteiger partial charge in [0, 0.05) is 0 Å². The molecule has 0 radical (unpaired) electrons. The van der Waals surface area contributed by atoms with Crippen molar-refractivity contribution in [2.24, 2.45) is 5.41 Å². The van der Waals surface area contributed by atoms with Crippen molar-refractivity contribution in [3.8, 4) is 11.1 Å². The van der Waals surface area contributed by atoms with Gasteiger partial charge in [0.1, 0.15) is 0 Å². The number of halogens is 3. The monoisotopic (exact) mass is 442 g/mol. The van der Waals surface area contributed by atoms with E-state index >= 15 is 0 Å². The molecule has 174 valence electrons. The van der Waals surface area contributed by atoms with E-state index in [2.05, 4.69) is 6.58 Å². The van der Waals surface area contributed by atoms with Crippen LogP contribution in [0.3, 0.4) is 0 Å². The molecular formula is C29H37F3. The third-order valence-electron chi connectivity index (χ3n) is 5.85. The Hall–Kier alpha value is -2.55. The predicted molar refractivity (Wildman–Crippen MR) is 134 cm³/mol. The SMILES string of the molecule is C=C/C=C(\C=C/C)c1cccc(-c2ccc(C(CC)(C(C)(C)C)C(F)(F)F)cc2)c1.CC. The van der Waals surface area contributed by atoms with Crippen LogP contribution in [0.2, 0.25) is 0 Å². The minimum atomic E-state index is -4.34. The summed E-state index contributed by atoms with van der Waals surface area (Å²) in [5, 5.41) is 0. The van der Waals surface area contributed by atoms with Crippen LogP contribution in [0.5, 0.6) is 0 Å². The maximum atomic E-state index is 14.2. The lowest BCUT2D eigenvalue weighted by Crippen LogP contribution is -2.51. The fourth-order valence-corrected chi connectivity index (χ4v) is 4.34. The summed E-state index contributed by atoms with van der Waals surface area (Å²) >= 11 is 0. The van der Waals surface area contributed by atoms with E-state index in [9.17, 15) is 13.2 Å². The summed E-state index contributed by atoms with van der Waals surface area (Å²) in [6.07, 6.45) is 3.30. The lowest BCUT2D eigenvalue weighted by Gasteiger charge is -2.46. The number of hydrogen-bond donors (Lipinski definition) is 0. The molecule has 0 fully saturated rings. The molecule has 0 spiro atoms. The molecule has 0 nitrogen and oxygen atoms in total. The van der Waals surface area contributed by atoms with Gasteiger partial charge in [-0.25, -0.2) is 0 Å². The fourth-order valence-electron chi connectivity index (χ4n) is 4.34. The molecule has 0 amide bonds. The Morgan fingerprint density at radius 3 is 1.97 bits per heavy atom. The molecule has 2 rings (SSSR count). The van der Waals surface area contributed by atoms with Crippen molar-refractivity contribution < 1.29 is 13.2 Å². The predicted octanol–water partition coefficient (Wildman–Crippen LogP) is 9.78. The number of rotatable bonds is 6. The number of benzene rings is 2. The highest BCUT2D eigenvalue weighted by atomic mass is 19.4. The Balaban J connectivity index is 0.00000249. The lowest BCUT2D eigenvalue weighted by molar-refractivity contribution is -0.221. The van der Waals surface area contributed by atoms with Crippen LogP contribution in [0.25, 0.3) is 16.7 Å². The highest BCUT2D eigenvalue weighted by Crippen LogP contribution is 2.54. The molecule has 0 aliphatic rings. The van der Waals surface area contributed by atoms with Gasteiger partial charge in [-0.2, -0.15) is 13.2 Å². The molecule has 0 bridgehead atoms. The van der Waals surface area contributed by atoms with Gasteiger partial charge in [0.15, 0.2) is 0 Å². The van der Waals surface area contributed by atoms with Gasteiger partial charge in [-0.15, -0.1) is 0 Å². The van der Waals surface area contributed by atoms with Crippen LogP contribution in [0.15, 0.2) is 79.4 Å². The molecule has 32 heavy (non-hydrogen) atoms. The normalized spacial score (nSPS) is 14.5. The van der Waals surface area contributed by atoms with Crippen LogP contribution in [0.4, 0.5) is 13.2 Å². The molecule has 0 aliphatic carbocycles. The summed E-state index contributed by atoms with van der Waals surface area (Å²) in [5.74, 6) is 0. The largest absolute Gasteiger partial charge is 0.398 e. The Labute approximate surface area is 192 Å². The van der Waals surface area contributed by atoms with Gasteiger partial charge in [-0.05, 0) is 52.7 Å². The summed E-state index contributed by atoms with van der Waals surface area (Å²) < 4.78 is 42.7. The molecule has 2 aromatic rings. The first kappa shape index (κ1) is 27.5. The molecule has 0 saturated heterocycles. The third kappa shape index (κ3) is 5.62. The summed E-state index contributed by atoms with van der Waals surface area (Å²) in [6.45, 7) is 16.3. The zero-order chi connectivity index (χ0) is 24.6. The molecule has 0 aromatic heterocycles. The van der Waals surface area contributed by atoms with Crippen molar-refractivity contribution >= 4 is 5.57 Å². The first-order valence-electron chi connectivity index (χ1n) is 11.2. The molecule has 1 unspecified atom stereocenters. The number of alkyl halides is 3. The molecule has 0 N–H and O–H groups in total. The summed E-state index contributed by atoms with van der Waals surface area (Å²) in [6, 6.07) is 14.9. The summed E-state index contributed by atoms with van der Waals surface area (Å²) in [4.78, 5) is 0. The highest BCUT2D eigenvalue weighted by Gasteiger charge is 2.60. The van der Waals surface area contributed by atoms with E-state index in [1.165, 1.54) is 0 Å². The molecule has 3 heteroatoms. The van der Waals surface area contributed by atoms with E-state index in [1.807, 2.05) is 63.3 Å². The van der Waals surface area contributed by atoms with Crippen LogP contribution in [-0.2, 0) is 5.41 Å². The highest BCUT2D eigenvalue weighted by molar-refractivity contribution is 5.78. The van der Waals surface area contributed by atoms with Gasteiger partial charge in [-0.1, -0.05) is 115 Å². The van der Waals surface area contributed by atoms with Crippen LogP contribution in [-0.4, -0.2) is 6.18 Å². The van der Waals surface area contributed by atoms with Crippen molar-refractivity contribution in [2.75, 3.05) is 0 Å². The molecule has 1 atom stereocenters. The van der Waals surface area contributed by atoms with Crippen molar-refractivity contribution in [1.29, 1.82) is 0 Å². The first-order valence-corrected chi connectivity index (χ1v) is 11.2. The Morgan fingerprint density at radius 2 is 1.53 bits per heavy atom. The van der Waals surface area contributed by atoms with Crippen molar-refractivity contribution in [2.45, 2.75) is 66.5 Å². The van der Waals surface area contributed by atoms with Gasteiger partial charge in [0.25, 0.3) is 0 Å². The average molecular weight is 443 g/mol. The van der Waals surface area contributed by atoms with Crippen molar-refractivity contribution in [1.82, 2.24) is 0 Å². The van der Waals surface area contributed by atoms with Crippen LogP contribution in [0, 0.1) is 5.41 Å². The van der Waals surface area contributed by atoms with Gasteiger partial charge in [-0.3, -0.25) is 0 Å². The minimum absolute atomic E-state index is 0.00606. The van der Waals surface area contributed by atoms with Gasteiger partial charge in [0.05, 0.1) is 5.41 Å². The molecule has 0 saturated carbocycles. The number of allylic oxidation sites excluding steroid dienone is 5. The van der Waals surface area contributed by atoms with E-state index in [0.717, 1.165) is 22.3 Å². The second-order valence-corrected chi connectivity index (χ2v) is 8.52. The zero-order valence-corrected chi connectivity index (χ0v) is 20.5. The van der Waals surface area contributed by atoms with Crippen molar-refractivity contribution in [3.63, 3.8) is 0 Å². The van der Waals surface area contributed by atoms with Crippen LogP contribution < -0.4 is 0 Å². The second-order valence-electron chi connectivity index (χ2n) is 8.52. The molecule has 0 aliphatic heterocycles. The van der Waals surface area contributed by atoms with Gasteiger partial charge < -0.3 is 0 Å². The minimum Gasteiger partial charge on any atom is -0.170 e. The average Bonchev–Trinajstić information content (AvgIpc) is 2.74. The van der Waals surface area contributed by atoms with Crippen molar-refractivity contribution in [3.05, 3.63) is 90.5 Å². The van der Waals surface area contributed by atoms with E-state index in [-0.39, 0.29) is 6.42 Å². The van der Waals surface area contributed by atoms with E-state index < -0.39 is 17.0 Å². The summed E-state index contributed by atoms with van der Waals surface area (Å²) in [5.41, 5.74) is 1.36. The molecular weight excluding hydrogens is 405 g/mol. The first-order chi connectivity index (χ1) is 15.0. The zero-order valence-electron chi connectivity index (χ0n) is 20.5. The smallest absolute Gasteiger partial charge is 0.170 e. The van der Waals surface area contributed by atoms with Gasteiger partial charge in [0.2, 0.25) is 0 Å². The van der Waals surface area contributed by atoms with E-state index in [4.69, 9.17) is 0 Å². The molecule has 0 heterocycles. The van der Waals surface area contributed by atoms with Crippen LogP contribution in [0.1, 0.15) is 66.0 Å². The fraction of sp³-hybridized carbons (Fsp3) is 0.379. The maximum Gasteiger partial charge on any atom is 0.398 e. The van der Waals surface area contributed by atoms with E-state index in [0.29, 0.717) is 5.56 Å². The Bertz CT molecular complexity index is 906. The Kier molecular flexibility index (Phi) is 9.75. The van der Waals surface area contributed by atoms with Gasteiger partial charge >= 0.3 is 6.18 Å². The third-order valence-corrected chi connectivity index (χ3v) is 5.85. The van der Waals surface area contributed by atoms with Crippen LogP contribution >= 0.6 is 0 Å².